The molecule has 1 aromatic heterocycles. The normalized spacial score (nSPS) is 21.2. The van der Waals surface area contributed by atoms with Crippen molar-refractivity contribution in [2.45, 2.75) is 6.10 Å². The molecule has 2 atom stereocenters. The number of H-pyrrole nitrogens is 1. The first-order valence-electron chi connectivity index (χ1n) is 7.04. The molecule has 1 amide bonds. The summed E-state index contributed by atoms with van der Waals surface area (Å²) in [5.74, 6) is -0.322. The summed E-state index contributed by atoms with van der Waals surface area (Å²) in [6.07, 6.45) is -0.453. The van der Waals surface area contributed by atoms with Crippen molar-refractivity contribution in [3.05, 3.63) is 44.7 Å². The number of hydrogen-bond donors (Lipinski definition) is 4. The number of aliphatic hydroxyl groups is 1. The number of hydrogen-bond acceptors (Lipinski definition) is 4. The molecule has 0 bridgehead atoms. The zero-order chi connectivity index (χ0) is 15.7. The number of nitrogens with one attached hydrogen (secondary N) is 3. The number of benzene rings is 1. The van der Waals surface area contributed by atoms with Gasteiger partial charge in [-0.25, -0.2) is 0 Å². The first-order chi connectivity index (χ1) is 10.5. The predicted octanol–water partition coefficient (Wildman–Crippen LogP) is 0.601. The molecular weight excluding hydrogens is 350 g/mol. The van der Waals surface area contributed by atoms with E-state index in [9.17, 15) is 14.7 Å². The van der Waals surface area contributed by atoms with E-state index in [2.05, 4.69) is 31.5 Å². The highest BCUT2D eigenvalue weighted by Crippen LogP contribution is 2.20. The van der Waals surface area contributed by atoms with E-state index < -0.39 is 6.10 Å². The molecule has 1 saturated heterocycles. The molecular formula is C15H16BrN3O3. The SMILES string of the molecule is O=C(NCC1CNCC1O)c1cc(=O)[nH]c2ccc(Br)cc12. The third-order valence-corrected chi connectivity index (χ3v) is 4.37. The van der Waals surface area contributed by atoms with Crippen LogP contribution in [0.3, 0.4) is 0 Å². The van der Waals surface area contributed by atoms with Crippen LogP contribution in [-0.4, -0.2) is 41.7 Å². The van der Waals surface area contributed by atoms with Gasteiger partial charge in [0.25, 0.3) is 5.91 Å². The van der Waals surface area contributed by atoms with E-state index >= 15 is 0 Å². The maximum absolute atomic E-state index is 12.4. The number of aromatic amines is 1. The number of aliphatic hydroxyl groups excluding tert-OH is 1. The molecule has 1 aliphatic heterocycles. The van der Waals surface area contributed by atoms with Gasteiger partial charge in [-0.15, -0.1) is 0 Å². The lowest BCUT2D eigenvalue weighted by atomic mass is 10.1. The Balaban J connectivity index is 1.86. The molecule has 0 saturated carbocycles. The summed E-state index contributed by atoms with van der Waals surface area (Å²) in [6, 6.07) is 6.66. The van der Waals surface area contributed by atoms with E-state index in [-0.39, 0.29) is 17.4 Å². The van der Waals surface area contributed by atoms with Gasteiger partial charge in [0.2, 0.25) is 5.56 Å². The summed E-state index contributed by atoms with van der Waals surface area (Å²) in [5, 5.41) is 16.3. The van der Waals surface area contributed by atoms with Crippen molar-refractivity contribution in [3.63, 3.8) is 0 Å². The summed E-state index contributed by atoms with van der Waals surface area (Å²) < 4.78 is 0.830. The van der Waals surface area contributed by atoms with E-state index in [4.69, 9.17) is 0 Å². The molecule has 0 aliphatic carbocycles. The Bertz CT molecular complexity index is 774. The fourth-order valence-electron chi connectivity index (χ4n) is 2.66. The van der Waals surface area contributed by atoms with E-state index in [0.717, 1.165) is 4.47 Å². The minimum Gasteiger partial charge on any atom is -0.391 e. The van der Waals surface area contributed by atoms with Crippen LogP contribution >= 0.6 is 15.9 Å². The van der Waals surface area contributed by atoms with Gasteiger partial charge in [-0.1, -0.05) is 15.9 Å². The van der Waals surface area contributed by atoms with Crippen LogP contribution in [0.1, 0.15) is 10.4 Å². The molecule has 2 heterocycles. The average molecular weight is 366 g/mol. The Morgan fingerprint density at radius 1 is 1.36 bits per heavy atom. The second-order valence-electron chi connectivity index (χ2n) is 5.43. The van der Waals surface area contributed by atoms with Crippen LogP contribution in [-0.2, 0) is 0 Å². The number of halogens is 1. The number of amides is 1. The van der Waals surface area contributed by atoms with Crippen LogP contribution < -0.4 is 16.2 Å². The van der Waals surface area contributed by atoms with Gasteiger partial charge in [0.1, 0.15) is 0 Å². The van der Waals surface area contributed by atoms with Gasteiger partial charge in [0.15, 0.2) is 0 Å². The summed E-state index contributed by atoms with van der Waals surface area (Å²) in [4.78, 5) is 26.8. The fraction of sp³-hybridized carbons (Fsp3) is 0.333. The Morgan fingerprint density at radius 2 is 2.18 bits per heavy atom. The van der Waals surface area contributed by atoms with Gasteiger partial charge in [-0.3, -0.25) is 9.59 Å². The van der Waals surface area contributed by atoms with Crippen molar-refractivity contribution in [3.8, 4) is 0 Å². The number of β-amino-alcohol motifs (C(OH)–C–C–N with tert-alkyl or cyclic N) is 1. The van der Waals surface area contributed by atoms with Crippen molar-refractivity contribution in [1.82, 2.24) is 15.6 Å². The average Bonchev–Trinajstić information content (AvgIpc) is 2.89. The van der Waals surface area contributed by atoms with E-state index in [0.29, 0.717) is 36.1 Å². The van der Waals surface area contributed by atoms with Crippen LogP contribution in [0.2, 0.25) is 0 Å². The van der Waals surface area contributed by atoms with Gasteiger partial charge in [0, 0.05) is 47.0 Å². The standard InChI is InChI=1S/C15H16BrN3O3/c16-9-1-2-12-10(3-9)11(4-14(21)19-12)15(22)18-6-8-5-17-7-13(8)20/h1-4,8,13,17,20H,5-7H2,(H,18,22)(H,19,21). The number of carbonyl (C=O) groups excluding carboxylic acids is 1. The minimum atomic E-state index is -0.453. The molecule has 3 rings (SSSR count). The summed E-state index contributed by atoms with van der Waals surface area (Å²) in [6.45, 7) is 1.58. The molecule has 1 fully saturated rings. The number of aromatic nitrogens is 1. The Hall–Kier alpha value is -1.70. The molecule has 6 nitrogen and oxygen atoms in total. The Kier molecular flexibility index (Phi) is 4.28. The van der Waals surface area contributed by atoms with Crippen LogP contribution in [0, 0.1) is 5.92 Å². The molecule has 2 aromatic rings. The lowest BCUT2D eigenvalue weighted by Gasteiger charge is -2.14. The predicted molar refractivity (Wildman–Crippen MR) is 87.0 cm³/mol. The third-order valence-electron chi connectivity index (χ3n) is 3.88. The second-order valence-corrected chi connectivity index (χ2v) is 6.35. The van der Waals surface area contributed by atoms with Crippen LogP contribution in [0.4, 0.5) is 0 Å². The van der Waals surface area contributed by atoms with Gasteiger partial charge in [-0.05, 0) is 18.2 Å². The van der Waals surface area contributed by atoms with Gasteiger partial charge in [-0.2, -0.15) is 0 Å². The second kappa shape index (κ2) is 6.20. The highest BCUT2D eigenvalue weighted by atomic mass is 79.9. The molecule has 22 heavy (non-hydrogen) atoms. The monoisotopic (exact) mass is 365 g/mol. The van der Waals surface area contributed by atoms with Crippen molar-refractivity contribution in [2.24, 2.45) is 5.92 Å². The number of pyridine rings is 1. The largest absolute Gasteiger partial charge is 0.391 e. The number of fused-ring (bicyclic) bond motifs is 1. The maximum Gasteiger partial charge on any atom is 0.252 e. The van der Waals surface area contributed by atoms with E-state index in [1.807, 2.05) is 0 Å². The highest BCUT2D eigenvalue weighted by Gasteiger charge is 2.25. The number of rotatable bonds is 3. The minimum absolute atomic E-state index is 0.0102. The smallest absolute Gasteiger partial charge is 0.252 e. The first-order valence-corrected chi connectivity index (χ1v) is 7.83. The van der Waals surface area contributed by atoms with Crippen molar-refractivity contribution in [1.29, 1.82) is 0 Å². The summed E-state index contributed by atoms with van der Waals surface area (Å²) >= 11 is 3.37. The zero-order valence-electron chi connectivity index (χ0n) is 11.7. The summed E-state index contributed by atoms with van der Waals surface area (Å²) in [7, 11) is 0. The van der Waals surface area contributed by atoms with Crippen LogP contribution in [0.15, 0.2) is 33.5 Å². The van der Waals surface area contributed by atoms with Gasteiger partial charge in [0.05, 0.1) is 11.7 Å². The topological polar surface area (TPSA) is 94.2 Å². The Labute approximate surface area is 135 Å². The van der Waals surface area contributed by atoms with Crippen molar-refractivity contribution >= 4 is 32.7 Å². The van der Waals surface area contributed by atoms with Crippen molar-refractivity contribution < 1.29 is 9.90 Å². The molecule has 0 spiro atoms. The van der Waals surface area contributed by atoms with Gasteiger partial charge >= 0.3 is 0 Å². The first kappa shape index (κ1) is 15.2. The number of carbonyl (C=O) groups is 1. The Morgan fingerprint density at radius 3 is 2.91 bits per heavy atom. The molecule has 2 unspecified atom stereocenters. The van der Waals surface area contributed by atoms with Crippen LogP contribution in [0.5, 0.6) is 0 Å². The molecule has 0 radical (unpaired) electrons. The molecule has 1 aromatic carbocycles. The molecule has 7 heteroatoms. The highest BCUT2D eigenvalue weighted by molar-refractivity contribution is 9.10. The van der Waals surface area contributed by atoms with E-state index in [1.165, 1.54) is 6.07 Å². The molecule has 4 N–H and O–H groups in total. The van der Waals surface area contributed by atoms with E-state index in [1.54, 1.807) is 18.2 Å². The van der Waals surface area contributed by atoms with Gasteiger partial charge < -0.3 is 20.7 Å². The summed E-state index contributed by atoms with van der Waals surface area (Å²) in [5.41, 5.74) is 0.631. The lowest BCUT2D eigenvalue weighted by molar-refractivity contribution is 0.0928. The molecule has 116 valence electrons. The maximum atomic E-state index is 12.4. The molecule has 1 aliphatic rings. The lowest BCUT2D eigenvalue weighted by Crippen LogP contribution is -2.34. The fourth-order valence-corrected chi connectivity index (χ4v) is 3.02. The van der Waals surface area contributed by atoms with Crippen molar-refractivity contribution in [2.75, 3.05) is 19.6 Å². The third kappa shape index (κ3) is 3.06. The quantitative estimate of drug-likeness (QED) is 0.640. The zero-order valence-corrected chi connectivity index (χ0v) is 13.3. The van der Waals surface area contributed by atoms with Crippen LogP contribution in [0.25, 0.3) is 10.9 Å².